The number of aromatic amines is 1. The SMILES string of the molecule is O=C(Nc1ccc2[nH]c(=O)oc2c1)c1ccc(Cl)c(Br)c1. The third kappa shape index (κ3) is 2.86. The molecular formula is C14H8BrClN2O3. The van der Waals surface area contributed by atoms with Crippen molar-refractivity contribution in [1.82, 2.24) is 4.98 Å². The number of hydrogen-bond acceptors (Lipinski definition) is 3. The number of aromatic nitrogens is 1. The van der Waals surface area contributed by atoms with Gasteiger partial charge >= 0.3 is 5.76 Å². The van der Waals surface area contributed by atoms with Crippen LogP contribution in [0.2, 0.25) is 5.02 Å². The fourth-order valence-corrected chi connectivity index (χ4v) is 2.36. The minimum Gasteiger partial charge on any atom is -0.408 e. The van der Waals surface area contributed by atoms with Crippen LogP contribution < -0.4 is 11.1 Å². The van der Waals surface area contributed by atoms with Gasteiger partial charge in [-0.1, -0.05) is 11.6 Å². The number of oxazole rings is 1. The monoisotopic (exact) mass is 366 g/mol. The van der Waals surface area contributed by atoms with Gasteiger partial charge in [-0.2, -0.15) is 0 Å². The number of hydrogen-bond donors (Lipinski definition) is 2. The molecule has 0 aliphatic heterocycles. The molecule has 0 atom stereocenters. The van der Waals surface area contributed by atoms with Crippen LogP contribution in [0.4, 0.5) is 5.69 Å². The lowest BCUT2D eigenvalue weighted by molar-refractivity contribution is 0.102. The number of amides is 1. The summed E-state index contributed by atoms with van der Waals surface area (Å²) in [6.07, 6.45) is 0. The Morgan fingerprint density at radius 3 is 2.81 bits per heavy atom. The zero-order valence-corrected chi connectivity index (χ0v) is 12.8. The summed E-state index contributed by atoms with van der Waals surface area (Å²) in [4.78, 5) is 25.8. The summed E-state index contributed by atoms with van der Waals surface area (Å²) >= 11 is 9.16. The Kier molecular flexibility index (Phi) is 3.57. The van der Waals surface area contributed by atoms with Crippen molar-refractivity contribution >= 4 is 50.2 Å². The molecule has 0 unspecified atom stereocenters. The van der Waals surface area contributed by atoms with Crippen molar-refractivity contribution in [3.8, 4) is 0 Å². The molecule has 7 heteroatoms. The second-order valence-electron chi connectivity index (χ2n) is 4.31. The van der Waals surface area contributed by atoms with E-state index >= 15 is 0 Å². The van der Waals surface area contributed by atoms with Crippen LogP contribution in [-0.4, -0.2) is 10.9 Å². The highest BCUT2D eigenvalue weighted by molar-refractivity contribution is 9.10. The van der Waals surface area contributed by atoms with Gasteiger partial charge in [-0.25, -0.2) is 4.79 Å². The lowest BCUT2D eigenvalue weighted by Crippen LogP contribution is -2.11. The molecule has 3 aromatic rings. The van der Waals surface area contributed by atoms with Gasteiger partial charge in [0.15, 0.2) is 5.58 Å². The second kappa shape index (κ2) is 5.38. The first-order valence-corrected chi connectivity index (χ1v) is 7.09. The molecule has 0 aliphatic carbocycles. The van der Waals surface area contributed by atoms with E-state index in [4.69, 9.17) is 16.0 Å². The average Bonchev–Trinajstić information content (AvgIpc) is 2.81. The number of benzene rings is 2. The third-order valence-electron chi connectivity index (χ3n) is 2.86. The van der Waals surface area contributed by atoms with Crippen molar-refractivity contribution in [2.45, 2.75) is 0 Å². The van der Waals surface area contributed by atoms with Gasteiger partial charge in [0.05, 0.1) is 10.5 Å². The average molecular weight is 368 g/mol. The number of carbonyl (C=O) groups excluding carboxylic acids is 1. The molecule has 1 heterocycles. The Balaban J connectivity index is 1.88. The van der Waals surface area contributed by atoms with Crippen molar-refractivity contribution in [3.63, 3.8) is 0 Å². The maximum atomic E-state index is 12.1. The van der Waals surface area contributed by atoms with Gasteiger partial charge in [-0.05, 0) is 46.3 Å². The highest BCUT2D eigenvalue weighted by Crippen LogP contribution is 2.24. The summed E-state index contributed by atoms with van der Waals surface area (Å²) in [5.41, 5.74) is 1.95. The van der Waals surface area contributed by atoms with E-state index in [2.05, 4.69) is 26.2 Å². The molecule has 0 fully saturated rings. The zero-order chi connectivity index (χ0) is 15.0. The molecule has 21 heavy (non-hydrogen) atoms. The smallest absolute Gasteiger partial charge is 0.408 e. The van der Waals surface area contributed by atoms with E-state index in [0.717, 1.165) is 0 Å². The fourth-order valence-electron chi connectivity index (χ4n) is 1.86. The van der Waals surface area contributed by atoms with Crippen LogP contribution in [0.1, 0.15) is 10.4 Å². The maximum Gasteiger partial charge on any atom is 0.417 e. The van der Waals surface area contributed by atoms with E-state index in [1.54, 1.807) is 36.4 Å². The lowest BCUT2D eigenvalue weighted by Gasteiger charge is -2.06. The number of nitrogens with one attached hydrogen (secondary N) is 2. The van der Waals surface area contributed by atoms with Gasteiger partial charge in [0.1, 0.15) is 0 Å². The van der Waals surface area contributed by atoms with Gasteiger partial charge in [-0.15, -0.1) is 0 Å². The maximum absolute atomic E-state index is 12.1. The number of halogens is 2. The molecular weight excluding hydrogens is 360 g/mol. The summed E-state index contributed by atoms with van der Waals surface area (Å²) in [5, 5.41) is 3.26. The van der Waals surface area contributed by atoms with Crippen molar-refractivity contribution < 1.29 is 9.21 Å². The second-order valence-corrected chi connectivity index (χ2v) is 5.57. The molecule has 1 aromatic heterocycles. The van der Waals surface area contributed by atoms with E-state index in [0.29, 0.717) is 31.8 Å². The fraction of sp³-hybridized carbons (Fsp3) is 0. The van der Waals surface area contributed by atoms with Crippen LogP contribution in [0.3, 0.4) is 0 Å². The van der Waals surface area contributed by atoms with Crippen LogP contribution >= 0.6 is 27.5 Å². The molecule has 3 rings (SSSR count). The van der Waals surface area contributed by atoms with Gasteiger partial charge in [0.2, 0.25) is 0 Å². The molecule has 0 spiro atoms. The predicted octanol–water partition coefficient (Wildman–Crippen LogP) is 3.79. The van der Waals surface area contributed by atoms with Crippen LogP contribution in [0.25, 0.3) is 11.1 Å². The summed E-state index contributed by atoms with van der Waals surface area (Å²) in [7, 11) is 0. The number of anilines is 1. The highest BCUT2D eigenvalue weighted by atomic mass is 79.9. The Hall–Kier alpha value is -2.05. The first-order chi connectivity index (χ1) is 10.0. The van der Waals surface area contributed by atoms with E-state index in [1.165, 1.54) is 0 Å². The quantitative estimate of drug-likeness (QED) is 0.723. The largest absolute Gasteiger partial charge is 0.417 e. The van der Waals surface area contributed by atoms with Crippen LogP contribution in [0.15, 0.2) is 50.1 Å². The van der Waals surface area contributed by atoms with E-state index in [9.17, 15) is 9.59 Å². The molecule has 0 bridgehead atoms. The van der Waals surface area contributed by atoms with Gasteiger partial charge in [-0.3, -0.25) is 9.78 Å². The first-order valence-electron chi connectivity index (χ1n) is 5.92. The van der Waals surface area contributed by atoms with Gasteiger partial charge in [0, 0.05) is 21.8 Å². The minimum atomic E-state index is -0.532. The lowest BCUT2D eigenvalue weighted by atomic mass is 10.2. The summed E-state index contributed by atoms with van der Waals surface area (Å²) in [6.45, 7) is 0. The van der Waals surface area contributed by atoms with Crippen molar-refractivity contribution in [3.05, 3.63) is 62.0 Å². The third-order valence-corrected chi connectivity index (χ3v) is 4.07. The molecule has 106 valence electrons. The predicted molar refractivity (Wildman–Crippen MR) is 83.9 cm³/mol. The zero-order valence-electron chi connectivity index (χ0n) is 10.4. The van der Waals surface area contributed by atoms with E-state index < -0.39 is 5.76 Å². The van der Waals surface area contributed by atoms with E-state index in [-0.39, 0.29) is 5.91 Å². The Labute approximate surface area is 132 Å². The highest BCUT2D eigenvalue weighted by Gasteiger charge is 2.09. The van der Waals surface area contributed by atoms with Gasteiger partial charge < -0.3 is 9.73 Å². The number of carbonyl (C=O) groups is 1. The van der Waals surface area contributed by atoms with Crippen LogP contribution in [0, 0.1) is 0 Å². The summed E-state index contributed by atoms with van der Waals surface area (Å²) in [5.74, 6) is -0.820. The van der Waals surface area contributed by atoms with Crippen molar-refractivity contribution in [1.29, 1.82) is 0 Å². The Morgan fingerprint density at radius 2 is 2.05 bits per heavy atom. The molecule has 0 radical (unpaired) electrons. The molecule has 5 nitrogen and oxygen atoms in total. The number of fused-ring (bicyclic) bond motifs is 1. The Bertz CT molecular complexity index is 901. The van der Waals surface area contributed by atoms with Gasteiger partial charge in [0.25, 0.3) is 5.91 Å². The topological polar surface area (TPSA) is 75.1 Å². The Morgan fingerprint density at radius 1 is 1.24 bits per heavy atom. The molecule has 2 N–H and O–H groups in total. The molecule has 2 aromatic carbocycles. The summed E-state index contributed by atoms with van der Waals surface area (Å²) in [6, 6.07) is 9.80. The van der Waals surface area contributed by atoms with Crippen LogP contribution in [-0.2, 0) is 0 Å². The van der Waals surface area contributed by atoms with E-state index in [1.807, 2.05) is 0 Å². The van der Waals surface area contributed by atoms with Crippen molar-refractivity contribution in [2.24, 2.45) is 0 Å². The first kappa shape index (κ1) is 13.9. The normalized spacial score (nSPS) is 10.8. The minimum absolute atomic E-state index is 0.287. The molecule has 0 aliphatic rings. The molecule has 1 amide bonds. The van der Waals surface area contributed by atoms with Crippen LogP contribution in [0.5, 0.6) is 0 Å². The molecule has 0 saturated carbocycles. The molecule has 0 saturated heterocycles. The number of rotatable bonds is 2. The van der Waals surface area contributed by atoms with Crippen molar-refractivity contribution in [2.75, 3.05) is 5.32 Å². The standard InChI is InChI=1S/C14H8BrClN2O3/c15-9-5-7(1-3-10(9)16)13(19)17-8-2-4-11-12(6-8)21-14(20)18-11/h1-6H,(H,17,19)(H,18,20). The number of H-pyrrole nitrogens is 1. The summed E-state index contributed by atoms with van der Waals surface area (Å²) < 4.78 is 5.59.